The number of hydrogen-bond donors (Lipinski definition) is 1. The van der Waals surface area contributed by atoms with Gasteiger partial charge in [0.25, 0.3) is 5.91 Å². The van der Waals surface area contributed by atoms with E-state index in [-0.39, 0.29) is 11.9 Å². The SMILES string of the molecule is COC(=O)NC(=O)[C@H](C)OC(=O)C1C[C@H]2CCC[C@@H](C1)C21SCCS1. The first-order chi connectivity index (χ1) is 12.0. The van der Waals surface area contributed by atoms with Crippen LogP contribution in [0.2, 0.25) is 0 Å². The monoisotopic (exact) mass is 387 g/mol. The fourth-order valence-electron chi connectivity index (χ4n) is 4.38. The van der Waals surface area contributed by atoms with Crippen molar-refractivity contribution in [1.82, 2.24) is 5.32 Å². The number of carbonyl (C=O) groups excluding carboxylic acids is 3. The Morgan fingerprint density at radius 1 is 1.12 bits per heavy atom. The third-order valence-corrected chi connectivity index (χ3v) is 9.54. The minimum atomic E-state index is -1.00. The molecule has 2 aliphatic carbocycles. The number of imide groups is 1. The molecule has 2 amide bonds. The highest BCUT2D eigenvalue weighted by Gasteiger charge is 2.55. The van der Waals surface area contributed by atoms with E-state index in [2.05, 4.69) is 28.3 Å². The van der Waals surface area contributed by atoms with Crippen LogP contribution in [0.3, 0.4) is 0 Å². The van der Waals surface area contributed by atoms with Gasteiger partial charge in [-0.2, -0.15) is 0 Å². The lowest BCUT2D eigenvalue weighted by atomic mass is 9.67. The molecule has 0 aromatic rings. The van der Waals surface area contributed by atoms with E-state index in [9.17, 15) is 14.4 Å². The van der Waals surface area contributed by atoms with E-state index in [1.54, 1.807) is 0 Å². The molecule has 1 aliphatic heterocycles. The molecule has 2 bridgehead atoms. The lowest BCUT2D eigenvalue weighted by Gasteiger charge is -2.51. The fraction of sp³-hybridized carbons (Fsp3) is 0.824. The van der Waals surface area contributed by atoms with Gasteiger partial charge < -0.3 is 9.47 Å². The molecule has 2 saturated carbocycles. The Morgan fingerprint density at radius 3 is 2.28 bits per heavy atom. The molecule has 0 radical (unpaired) electrons. The summed E-state index contributed by atoms with van der Waals surface area (Å²) >= 11 is 4.19. The molecule has 3 fully saturated rings. The predicted molar refractivity (Wildman–Crippen MR) is 97.3 cm³/mol. The summed E-state index contributed by atoms with van der Waals surface area (Å²) in [6.07, 6.45) is 3.45. The van der Waals surface area contributed by atoms with Gasteiger partial charge >= 0.3 is 12.1 Å². The molecule has 1 unspecified atom stereocenters. The molecule has 1 saturated heterocycles. The zero-order chi connectivity index (χ0) is 18.0. The molecule has 6 nitrogen and oxygen atoms in total. The number of hydrogen-bond acceptors (Lipinski definition) is 7. The quantitative estimate of drug-likeness (QED) is 0.746. The number of nitrogens with one attached hydrogen (secondary N) is 1. The summed E-state index contributed by atoms with van der Waals surface area (Å²) in [6.45, 7) is 1.48. The first-order valence-corrected chi connectivity index (χ1v) is 10.8. The Balaban J connectivity index is 1.59. The van der Waals surface area contributed by atoms with Gasteiger partial charge in [0.15, 0.2) is 6.10 Å². The van der Waals surface area contributed by atoms with Gasteiger partial charge in [-0.1, -0.05) is 6.42 Å². The van der Waals surface area contributed by atoms with E-state index >= 15 is 0 Å². The summed E-state index contributed by atoms with van der Waals surface area (Å²) < 4.78 is 10.0. The van der Waals surface area contributed by atoms with E-state index in [1.165, 1.54) is 44.8 Å². The third-order valence-electron chi connectivity index (χ3n) is 5.53. The van der Waals surface area contributed by atoms with Gasteiger partial charge in [0, 0.05) is 11.5 Å². The highest BCUT2D eigenvalue weighted by molar-refractivity contribution is 8.21. The van der Waals surface area contributed by atoms with Crippen LogP contribution in [0.25, 0.3) is 0 Å². The number of methoxy groups -OCH3 is 1. The maximum Gasteiger partial charge on any atom is 0.413 e. The average molecular weight is 388 g/mol. The molecule has 0 aromatic heterocycles. The Morgan fingerprint density at radius 2 is 1.72 bits per heavy atom. The first kappa shape index (κ1) is 18.9. The van der Waals surface area contributed by atoms with E-state index in [4.69, 9.17) is 4.74 Å². The Hall–Kier alpha value is -0.890. The van der Waals surface area contributed by atoms with Crippen LogP contribution in [0, 0.1) is 17.8 Å². The second kappa shape index (κ2) is 7.78. The lowest BCUT2D eigenvalue weighted by Crippen LogP contribution is -2.49. The second-order valence-electron chi connectivity index (χ2n) is 6.97. The second-order valence-corrected chi connectivity index (χ2v) is 9.97. The van der Waals surface area contributed by atoms with Crippen LogP contribution in [0.5, 0.6) is 0 Å². The van der Waals surface area contributed by atoms with Gasteiger partial charge in [-0.3, -0.25) is 14.9 Å². The largest absolute Gasteiger partial charge is 0.453 e. The molecule has 3 rings (SSSR count). The van der Waals surface area contributed by atoms with Crippen molar-refractivity contribution >= 4 is 41.5 Å². The summed E-state index contributed by atoms with van der Waals surface area (Å²) in [4.78, 5) is 35.5. The average Bonchev–Trinajstić information content (AvgIpc) is 3.03. The van der Waals surface area contributed by atoms with Crippen molar-refractivity contribution in [3.8, 4) is 0 Å². The Bertz CT molecular complexity index is 533. The topological polar surface area (TPSA) is 81.7 Å². The number of carbonyl (C=O) groups is 3. The maximum atomic E-state index is 12.6. The van der Waals surface area contributed by atoms with E-state index in [0.717, 1.165) is 12.8 Å². The molecule has 1 N–H and O–H groups in total. The highest BCUT2D eigenvalue weighted by atomic mass is 32.2. The highest BCUT2D eigenvalue weighted by Crippen LogP contribution is 2.64. The predicted octanol–water partition coefficient (Wildman–Crippen LogP) is 2.80. The van der Waals surface area contributed by atoms with Gasteiger partial charge in [0.05, 0.1) is 17.1 Å². The van der Waals surface area contributed by atoms with Gasteiger partial charge in [-0.15, -0.1) is 23.5 Å². The van der Waals surface area contributed by atoms with Crippen LogP contribution >= 0.6 is 23.5 Å². The van der Waals surface area contributed by atoms with Gasteiger partial charge in [-0.05, 0) is 44.4 Å². The molecule has 0 aromatic carbocycles. The van der Waals surface area contributed by atoms with E-state index in [0.29, 0.717) is 15.9 Å². The first-order valence-electron chi connectivity index (χ1n) is 8.83. The van der Waals surface area contributed by atoms with Crippen LogP contribution in [-0.4, -0.2) is 46.8 Å². The summed E-state index contributed by atoms with van der Waals surface area (Å²) in [5.74, 6) is 2.40. The minimum absolute atomic E-state index is 0.142. The van der Waals surface area contributed by atoms with E-state index in [1.807, 2.05) is 5.32 Å². The summed E-state index contributed by atoms with van der Waals surface area (Å²) in [5.41, 5.74) is 0. The third kappa shape index (κ3) is 3.79. The molecule has 1 heterocycles. The van der Waals surface area contributed by atoms with Crippen LogP contribution in [0.4, 0.5) is 4.79 Å². The number of amides is 2. The van der Waals surface area contributed by atoms with Gasteiger partial charge in [0.1, 0.15) is 0 Å². The fourth-order valence-corrected chi connectivity index (χ4v) is 8.32. The molecule has 25 heavy (non-hydrogen) atoms. The molecule has 3 aliphatic rings. The van der Waals surface area contributed by atoms with Crippen LogP contribution in [-0.2, 0) is 19.1 Å². The van der Waals surface area contributed by atoms with Crippen molar-refractivity contribution in [3.63, 3.8) is 0 Å². The zero-order valence-electron chi connectivity index (χ0n) is 14.6. The van der Waals surface area contributed by atoms with Crippen LogP contribution in [0.1, 0.15) is 39.0 Å². The van der Waals surface area contributed by atoms with Crippen molar-refractivity contribution in [2.45, 2.75) is 49.2 Å². The number of esters is 1. The summed E-state index contributed by atoms with van der Waals surface area (Å²) in [6, 6.07) is 0. The maximum absolute atomic E-state index is 12.6. The normalized spacial score (nSPS) is 31.2. The molecular formula is C17H25NO5S2. The van der Waals surface area contributed by atoms with Crippen molar-refractivity contribution < 1.29 is 23.9 Å². The Labute approximate surface area is 156 Å². The van der Waals surface area contributed by atoms with Gasteiger partial charge in [0.2, 0.25) is 0 Å². The van der Waals surface area contributed by atoms with Crippen LogP contribution in [0.15, 0.2) is 0 Å². The lowest BCUT2D eigenvalue weighted by molar-refractivity contribution is -0.161. The molecule has 4 atom stereocenters. The van der Waals surface area contributed by atoms with Crippen molar-refractivity contribution in [1.29, 1.82) is 0 Å². The Kier molecular flexibility index (Phi) is 5.88. The molecule has 8 heteroatoms. The number of thioether (sulfide) groups is 2. The van der Waals surface area contributed by atoms with Crippen LogP contribution < -0.4 is 5.32 Å². The number of alkyl carbamates (subject to hydrolysis) is 1. The summed E-state index contributed by atoms with van der Waals surface area (Å²) in [7, 11) is 1.18. The molecular weight excluding hydrogens is 362 g/mol. The zero-order valence-corrected chi connectivity index (χ0v) is 16.2. The van der Waals surface area contributed by atoms with Crippen molar-refractivity contribution in [2.75, 3.05) is 18.6 Å². The smallest absolute Gasteiger partial charge is 0.413 e. The molecule has 140 valence electrons. The van der Waals surface area contributed by atoms with E-state index < -0.39 is 18.1 Å². The van der Waals surface area contributed by atoms with Crippen molar-refractivity contribution in [3.05, 3.63) is 0 Å². The summed E-state index contributed by atoms with van der Waals surface area (Å²) in [5, 5.41) is 2.03. The molecule has 1 spiro atoms. The van der Waals surface area contributed by atoms with Crippen molar-refractivity contribution in [2.24, 2.45) is 17.8 Å². The number of ether oxygens (including phenoxy) is 2. The standard InChI is InChI=1S/C17H25NO5S2/c1-10(14(19)18-16(21)22-2)23-15(20)11-8-12-4-3-5-13(9-11)17(12)24-6-7-25-17/h10-13H,3-9H2,1-2H3,(H,18,19,21)/t10-,11?,12-,13+/m0/s1. The minimum Gasteiger partial charge on any atom is -0.453 e. The number of rotatable bonds is 3. The van der Waals surface area contributed by atoms with Gasteiger partial charge in [-0.25, -0.2) is 4.79 Å².